The second-order valence-corrected chi connectivity index (χ2v) is 5.68. The van der Waals surface area contributed by atoms with Gasteiger partial charge in [-0.1, -0.05) is 0 Å². The van der Waals surface area contributed by atoms with Crippen LogP contribution in [0.3, 0.4) is 0 Å². The number of H-pyrrole nitrogens is 1. The Hall–Kier alpha value is -1.89. The van der Waals surface area contributed by atoms with Gasteiger partial charge in [0.15, 0.2) is 11.5 Å². The Kier molecular flexibility index (Phi) is 3.80. The Labute approximate surface area is 121 Å². The molecule has 0 saturated heterocycles. The van der Waals surface area contributed by atoms with Crippen LogP contribution in [0.1, 0.15) is 27.7 Å². The number of imidazole rings is 1. The lowest BCUT2D eigenvalue weighted by atomic mass is 10.2. The van der Waals surface area contributed by atoms with Gasteiger partial charge in [-0.3, -0.25) is 0 Å². The molecule has 0 radical (unpaired) electrons. The SMILES string of the molecule is CC(Nc1nc(Cl)nc2[nH]cnc12)C(=O)OC(C)(C)C. The van der Waals surface area contributed by atoms with Crippen molar-refractivity contribution in [3.63, 3.8) is 0 Å². The number of hydrogen-bond acceptors (Lipinski definition) is 6. The standard InChI is InChI=1S/C12H16ClN5O2/c1-6(10(19)20-12(2,3)4)16-9-7-8(15-5-14-7)17-11(13)18-9/h5-6H,1-4H3,(H2,14,15,16,17,18). The first-order chi connectivity index (χ1) is 9.26. The van der Waals surface area contributed by atoms with E-state index in [1.54, 1.807) is 6.92 Å². The molecule has 108 valence electrons. The molecule has 0 fully saturated rings. The minimum Gasteiger partial charge on any atom is -0.458 e. The molecule has 0 aliphatic rings. The summed E-state index contributed by atoms with van der Waals surface area (Å²) in [5.74, 6) is 0.00975. The molecule has 0 spiro atoms. The Morgan fingerprint density at radius 3 is 2.80 bits per heavy atom. The number of rotatable bonds is 3. The highest BCUT2D eigenvalue weighted by atomic mass is 35.5. The predicted molar refractivity (Wildman–Crippen MR) is 75.6 cm³/mol. The maximum absolute atomic E-state index is 11.9. The molecule has 1 atom stereocenters. The molecule has 0 aliphatic heterocycles. The maximum atomic E-state index is 11.9. The van der Waals surface area contributed by atoms with Crippen molar-refractivity contribution in [1.29, 1.82) is 0 Å². The van der Waals surface area contributed by atoms with Crippen LogP contribution in [0.25, 0.3) is 11.2 Å². The first-order valence-corrected chi connectivity index (χ1v) is 6.50. The van der Waals surface area contributed by atoms with Crippen molar-refractivity contribution in [3.05, 3.63) is 11.6 Å². The van der Waals surface area contributed by atoms with E-state index >= 15 is 0 Å². The third-order valence-corrected chi connectivity index (χ3v) is 2.53. The quantitative estimate of drug-likeness (QED) is 0.666. The van der Waals surface area contributed by atoms with Gasteiger partial charge in [0.1, 0.15) is 17.2 Å². The van der Waals surface area contributed by atoms with Crippen molar-refractivity contribution in [2.75, 3.05) is 5.32 Å². The molecule has 0 aliphatic carbocycles. The number of esters is 1. The van der Waals surface area contributed by atoms with Gasteiger partial charge in [-0.25, -0.2) is 9.78 Å². The molecule has 0 bridgehead atoms. The van der Waals surface area contributed by atoms with Crippen LogP contribution in [0.4, 0.5) is 5.82 Å². The number of fused-ring (bicyclic) bond motifs is 1. The molecule has 0 saturated carbocycles. The van der Waals surface area contributed by atoms with E-state index in [4.69, 9.17) is 16.3 Å². The molecule has 0 aromatic carbocycles. The third-order valence-electron chi connectivity index (χ3n) is 2.37. The largest absolute Gasteiger partial charge is 0.458 e. The first kappa shape index (κ1) is 14.5. The number of ether oxygens (including phenoxy) is 1. The van der Waals surface area contributed by atoms with E-state index in [0.717, 1.165) is 0 Å². The lowest BCUT2D eigenvalue weighted by Crippen LogP contribution is -2.34. The van der Waals surface area contributed by atoms with E-state index in [0.29, 0.717) is 17.0 Å². The van der Waals surface area contributed by atoms with Crippen molar-refractivity contribution in [2.24, 2.45) is 0 Å². The summed E-state index contributed by atoms with van der Waals surface area (Å²) in [5, 5.41) is 3.01. The normalized spacial score (nSPS) is 13.2. The van der Waals surface area contributed by atoms with Crippen LogP contribution in [0.15, 0.2) is 6.33 Å². The highest BCUT2D eigenvalue weighted by Crippen LogP contribution is 2.20. The van der Waals surface area contributed by atoms with Gasteiger partial charge in [0.25, 0.3) is 0 Å². The first-order valence-electron chi connectivity index (χ1n) is 6.12. The number of nitrogens with zero attached hydrogens (tertiary/aromatic N) is 3. The van der Waals surface area contributed by atoms with Crippen LogP contribution in [-0.4, -0.2) is 37.5 Å². The molecule has 0 amide bonds. The van der Waals surface area contributed by atoms with Crippen LogP contribution in [0.5, 0.6) is 0 Å². The molecule has 2 N–H and O–H groups in total. The number of carbonyl (C=O) groups excluding carboxylic acids is 1. The smallest absolute Gasteiger partial charge is 0.328 e. The second-order valence-electron chi connectivity index (χ2n) is 5.34. The molecule has 20 heavy (non-hydrogen) atoms. The zero-order valence-electron chi connectivity index (χ0n) is 11.7. The number of carbonyl (C=O) groups is 1. The molecule has 8 heteroatoms. The monoisotopic (exact) mass is 297 g/mol. The van der Waals surface area contributed by atoms with E-state index in [1.165, 1.54) is 6.33 Å². The summed E-state index contributed by atoms with van der Waals surface area (Å²) in [6.45, 7) is 7.11. The summed E-state index contributed by atoms with van der Waals surface area (Å²) in [6, 6.07) is -0.583. The fraction of sp³-hybridized carbons (Fsp3) is 0.500. The van der Waals surface area contributed by atoms with Gasteiger partial charge in [-0.15, -0.1) is 0 Å². The molecule has 2 heterocycles. The van der Waals surface area contributed by atoms with Gasteiger partial charge >= 0.3 is 5.97 Å². The summed E-state index contributed by atoms with van der Waals surface area (Å²) in [7, 11) is 0. The predicted octanol–water partition coefficient (Wildman–Crippen LogP) is 2.15. The average Bonchev–Trinajstić information content (AvgIpc) is 2.74. The van der Waals surface area contributed by atoms with Crippen LogP contribution < -0.4 is 5.32 Å². The number of aromatic amines is 1. The molecule has 7 nitrogen and oxygen atoms in total. The Balaban J connectivity index is 2.19. The maximum Gasteiger partial charge on any atom is 0.328 e. The minimum atomic E-state index is -0.583. The summed E-state index contributed by atoms with van der Waals surface area (Å²) in [4.78, 5) is 26.9. The van der Waals surface area contributed by atoms with E-state index in [1.807, 2.05) is 20.8 Å². The summed E-state index contributed by atoms with van der Waals surface area (Å²) >= 11 is 5.82. The van der Waals surface area contributed by atoms with E-state index in [-0.39, 0.29) is 11.3 Å². The number of anilines is 1. The van der Waals surface area contributed by atoms with Crippen LogP contribution >= 0.6 is 11.6 Å². The minimum absolute atomic E-state index is 0.0700. The second kappa shape index (κ2) is 5.24. The van der Waals surface area contributed by atoms with E-state index in [9.17, 15) is 4.79 Å². The molecular weight excluding hydrogens is 282 g/mol. The zero-order chi connectivity index (χ0) is 14.9. The number of hydrogen-bond donors (Lipinski definition) is 2. The molecule has 2 aromatic rings. The van der Waals surface area contributed by atoms with E-state index in [2.05, 4.69) is 25.3 Å². The molecule has 1 unspecified atom stereocenters. The van der Waals surface area contributed by atoms with Crippen molar-refractivity contribution < 1.29 is 9.53 Å². The zero-order valence-corrected chi connectivity index (χ0v) is 12.4. The van der Waals surface area contributed by atoms with Crippen LogP contribution in [0.2, 0.25) is 5.28 Å². The van der Waals surface area contributed by atoms with Crippen molar-refractivity contribution >= 4 is 34.6 Å². The summed E-state index contributed by atoms with van der Waals surface area (Å²) in [6.07, 6.45) is 1.49. The highest BCUT2D eigenvalue weighted by Gasteiger charge is 2.23. The van der Waals surface area contributed by atoms with Gasteiger partial charge < -0.3 is 15.0 Å². The molecule has 2 rings (SSSR count). The fourth-order valence-corrected chi connectivity index (χ4v) is 1.73. The summed E-state index contributed by atoms with van der Waals surface area (Å²) in [5.41, 5.74) is 0.478. The van der Waals surface area contributed by atoms with Gasteiger partial charge in [0.05, 0.1) is 6.33 Å². The molecular formula is C12H16ClN5O2. The lowest BCUT2D eigenvalue weighted by molar-refractivity contribution is -0.155. The van der Waals surface area contributed by atoms with E-state index < -0.39 is 11.6 Å². The van der Waals surface area contributed by atoms with Crippen molar-refractivity contribution in [1.82, 2.24) is 19.9 Å². The van der Waals surface area contributed by atoms with Crippen molar-refractivity contribution in [2.45, 2.75) is 39.3 Å². The topological polar surface area (TPSA) is 92.8 Å². The Morgan fingerprint density at radius 1 is 1.45 bits per heavy atom. The fourth-order valence-electron chi connectivity index (χ4n) is 1.56. The van der Waals surface area contributed by atoms with Gasteiger partial charge in [-0.05, 0) is 39.3 Å². The van der Waals surface area contributed by atoms with Gasteiger partial charge in [0.2, 0.25) is 5.28 Å². The lowest BCUT2D eigenvalue weighted by Gasteiger charge is -2.22. The third kappa shape index (κ3) is 3.36. The number of aromatic nitrogens is 4. The Bertz CT molecular complexity index is 634. The number of nitrogens with one attached hydrogen (secondary N) is 2. The van der Waals surface area contributed by atoms with Crippen LogP contribution in [0, 0.1) is 0 Å². The average molecular weight is 298 g/mol. The number of halogens is 1. The molecule has 2 aromatic heterocycles. The van der Waals surface area contributed by atoms with Crippen molar-refractivity contribution in [3.8, 4) is 0 Å². The summed E-state index contributed by atoms with van der Waals surface area (Å²) < 4.78 is 5.29. The Morgan fingerprint density at radius 2 is 2.15 bits per heavy atom. The van der Waals surface area contributed by atoms with Gasteiger partial charge in [0, 0.05) is 0 Å². The van der Waals surface area contributed by atoms with Crippen LogP contribution in [-0.2, 0) is 9.53 Å². The van der Waals surface area contributed by atoms with Gasteiger partial charge in [-0.2, -0.15) is 9.97 Å². The highest BCUT2D eigenvalue weighted by molar-refractivity contribution is 6.28.